The van der Waals surface area contributed by atoms with Gasteiger partial charge in [-0.2, -0.15) is 5.10 Å². The van der Waals surface area contributed by atoms with E-state index in [0.717, 1.165) is 6.42 Å². The minimum Gasteiger partial charge on any atom is -0.342 e. The molecule has 1 N–H and O–H groups in total. The Kier molecular flexibility index (Phi) is 3.19. The van der Waals surface area contributed by atoms with E-state index in [9.17, 15) is 4.79 Å². The summed E-state index contributed by atoms with van der Waals surface area (Å²) >= 11 is 3.33. The molecule has 2 aromatic heterocycles. The molecule has 2 rings (SSSR count). The van der Waals surface area contributed by atoms with Crippen molar-refractivity contribution < 1.29 is 4.79 Å². The van der Waals surface area contributed by atoms with Crippen LogP contribution in [0.3, 0.4) is 0 Å². The summed E-state index contributed by atoms with van der Waals surface area (Å²) in [7, 11) is 0. The predicted molar refractivity (Wildman–Crippen MR) is 62.2 cm³/mol. The highest BCUT2D eigenvalue weighted by Crippen LogP contribution is 2.18. The number of imidazole rings is 1. The van der Waals surface area contributed by atoms with E-state index < -0.39 is 0 Å². The van der Waals surface area contributed by atoms with Gasteiger partial charge in [0.25, 0.3) is 0 Å². The molecule has 0 bridgehead atoms. The molecule has 2 aromatic rings. The standard InChI is InChI=1S/C10H11BrN4O/c1-2-5-15-8(7(11)6-14-15)9(16)10-12-3-4-13-10/h3-4,6H,2,5H2,1H3,(H,12,13). The predicted octanol–water partition coefficient (Wildman–Crippen LogP) is 2.01. The molecule has 0 amide bonds. The second kappa shape index (κ2) is 4.61. The number of ketones is 1. The van der Waals surface area contributed by atoms with E-state index in [0.29, 0.717) is 22.5 Å². The molecule has 5 nitrogen and oxygen atoms in total. The molecular weight excluding hydrogens is 272 g/mol. The van der Waals surface area contributed by atoms with Crippen LogP contribution in [0.25, 0.3) is 0 Å². The fourth-order valence-corrected chi connectivity index (χ4v) is 1.95. The normalized spacial score (nSPS) is 10.6. The highest BCUT2D eigenvalue weighted by atomic mass is 79.9. The van der Waals surface area contributed by atoms with Crippen molar-refractivity contribution in [2.75, 3.05) is 0 Å². The second-order valence-electron chi connectivity index (χ2n) is 3.33. The van der Waals surface area contributed by atoms with Crippen LogP contribution in [0.5, 0.6) is 0 Å². The van der Waals surface area contributed by atoms with Crippen molar-refractivity contribution >= 4 is 21.7 Å². The monoisotopic (exact) mass is 282 g/mol. The molecule has 0 aliphatic rings. The maximum atomic E-state index is 12.1. The van der Waals surface area contributed by atoms with Gasteiger partial charge in [-0.25, -0.2) is 4.98 Å². The van der Waals surface area contributed by atoms with Crippen molar-refractivity contribution in [3.8, 4) is 0 Å². The lowest BCUT2D eigenvalue weighted by molar-refractivity contribution is 0.101. The Hall–Kier alpha value is -1.43. The third-order valence-corrected chi connectivity index (χ3v) is 2.74. The van der Waals surface area contributed by atoms with Crippen molar-refractivity contribution in [3.63, 3.8) is 0 Å². The number of nitrogens with one attached hydrogen (secondary N) is 1. The van der Waals surface area contributed by atoms with Crippen LogP contribution >= 0.6 is 15.9 Å². The Labute approximate surface area is 101 Å². The van der Waals surface area contributed by atoms with Gasteiger partial charge < -0.3 is 4.98 Å². The largest absolute Gasteiger partial charge is 0.342 e. The van der Waals surface area contributed by atoms with Gasteiger partial charge in [0.15, 0.2) is 5.82 Å². The van der Waals surface area contributed by atoms with Crippen LogP contribution in [0.4, 0.5) is 0 Å². The molecule has 0 unspecified atom stereocenters. The molecule has 0 radical (unpaired) electrons. The van der Waals surface area contributed by atoms with E-state index >= 15 is 0 Å². The summed E-state index contributed by atoms with van der Waals surface area (Å²) in [6.45, 7) is 2.75. The summed E-state index contributed by atoms with van der Waals surface area (Å²) in [5.41, 5.74) is 0.539. The van der Waals surface area contributed by atoms with Crippen LogP contribution < -0.4 is 0 Å². The maximum Gasteiger partial charge on any atom is 0.247 e. The van der Waals surface area contributed by atoms with Crippen LogP contribution in [0.15, 0.2) is 23.1 Å². The molecular formula is C10H11BrN4O. The lowest BCUT2D eigenvalue weighted by Crippen LogP contribution is -2.13. The molecule has 16 heavy (non-hydrogen) atoms. The summed E-state index contributed by atoms with van der Waals surface area (Å²) in [4.78, 5) is 18.8. The van der Waals surface area contributed by atoms with E-state index in [1.807, 2.05) is 6.92 Å². The van der Waals surface area contributed by atoms with Crippen LogP contribution in [0.2, 0.25) is 0 Å². The zero-order valence-corrected chi connectivity index (χ0v) is 10.4. The molecule has 0 saturated carbocycles. The number of nitrogens with zero attached hydrogens (tertiary/aromatic N) is 3. The Morgan fingerprint density at radius 1 is 1.62 bits per heavy atom. The quantitative estimate of drug-likeness (QED) is 0.873. The van der Waals surface area contributed by atoms with Gasteiger partial charge in [0.1, 0.15) is 5.69 Å². The lowest BCUT2D eigenvalue weighted by Gasteiger charge is -2.03. The van der Waals surface area contributed by atoms with E-state index in [-0.39, 0.29) is 5.78 Å². The Bertz CT molecular complexity index is 489. The van der Waals surface area contributed by atoms with Gasteiger partial charge in [-0.1, -0.05) is 6.92 Å². The molecule has 0 spiro atoms. The van der Waals surface area contributed by atoms with Crippen molar-refractivity contribution in [2.45, 2.75) is 19.9 Å². The molecule has 0 atom stereocenters. The molecule has 0 fully saturated rings. The number of aromatic amines is 1. The Morgan fingerprint density at radius 3 is 3.06 bits per heavy atom. The number of H-pyrrole nitrogens is 1. The topological polar surface area (TPSA) is 63.6 Å². The van der Waals surface area contributed by atoms with Crippen LogP contribution in [-0.4, -0.2) is 25.5 Å². The van der Waals surface area contributed by atoms with Crippen molar-refractivity contribution in [1.29, 1.82) is 0 Å². The van der Waals surface area contributed by atoms with E-state index in [1.54, 1.807) is 23.3 Å². The van der Waals surface area contributed by atoms with E-state index in [1.165, 1.54) is 0 Å². The molecule has 0 saturated heterocycles. The van der Waals surface area contributed by atoms with Crippen LogP contribution in [0, 0.1) is 0 Å². The lowest BCUT2D eigenvalue weighted by atomic mass is 10.2. The van der Waals surface area contributed by atoms with E-state index in [4.69, 9.17) is 0 Å². The Balaban J connectivity index is 2.39. The number of aryl methyl sites for hydroxylation is 1. The van der Waals surface area contributed by atoms with Gasteiger partial charge >= 0.3 is 0 Å². The van der Waals surface area contributed by atoms with Gasteiger partial charge in [-0.05, 0) is 22.4 Å². The molecule has 0 aliphatic carbocycles. The summed E-state index contributed by atoms with van der Waals surface area (Å²) in [6.07, 6.45) is 5.74. The first-order valence-corrected chi connectivity index (χ1v) is 5.78. The molecule has 6 heteroatoms. The van der Waals surface area contributed by atoms with Crippen molar-refractivity contribution in [1.82, 2.24) is 19.7 Å². The smallest absolute Gasteiger partial charge is 0.247 e. The first kappa shape index (κ1) is 11.1. The third-order valence-electron chi connectivity index (χ3n) is 2.16. The first-order valence-electron chi connectivity index (χ1n) is 4.99. The van der Waals surface area contributed by atoms with Gasteiger partial charge in [-0.15, -0.1) is 0 Å². The van der Waals surface area contributed by atoms with Gasteiger partial charge in [-0.3, -0.25) is 9.48 Å². The van der Waals surface area contributed by atoms with Gasteiger partial charge in [0.05, 0.1) is 10.7 Å². The summed E-state index contributed by atoms with van der Waals surface area (Å²) in [5, 5.41) is 4.14. The second-order valence-corrected chi connectivity index (χ2v) is 4.19. The van der Waals surface area contributed by atoms with E-state index in [2.05, 4.69) is 31.0 Å². The summed E-state index contributed by atoms with van der Waals surface area (Å²) in [5.74, 6) is 0.182. The number of carbonyl (C=O) groups is 1. The zero-order valence-electron chi connectivity index (χ0n) is 8.77. The minimum absolute atomic E-state index is 0.150. The average Bonchev–Trinajstić information content (AvgIpc) is 2.88. The molecule has 2 heterocycles. The fraction of sp³-hybridized carbons (Fsp3) is 0.300. The van der Waals surface area contributed by atoms with Crippen molar-refractivity contribution in [2.24, 2.45) is 0 Å². The maximum absolute atomic E-state index is 12.1. The number of aromatic nitrogens is 4. The molecule has 84 valence electrons. The molecule has 0 aliphatic heterocycles. The fourth-order valence-electron chi connectivity index (χ4n) is 1.47. The number of halogens is 1. The van der Waals surface area contributed by atoms with Gasteiger partial charge in [0, 0.05) is 18.9 Å². The summed E-state index contributed by atoms with van der Waals surface area (Å²) in [6, 6.07) is 0. The zero-order chi connectivity index (χ0) is 11.5. The SMILES string of the molecule is CCCn1ncc(Br)c1C(=O)c1ncc[nH]1. The first-order chi connectivity index (χ1) is 7.74. The third kappa shape index (κ3) is 1.92. The van der Waals surface area contributed by atoms with Crippen molar-refractivity contribution in [3.05, 3.63) is 34.6 Å². The number of hydrogen-bond acceptors (Lipinski definition) is 3. The average molecular weight is 283 g/mol. The van der Waals surface area contributed by atoms with Crippen LogP contribution in [0.1, 0.15) is 29.7 Å². The number of hydrogen-bond donors (Lipinski definition) is 1. The number of rotatable bonds is 4. The number of carbonyl (C=O) groups excluding carboxylic acids is 1. The molecule has 0 aromatic carbocycles. The van der Waals surface area contributed by atoms with Gasteiger partial charge in [0.2, 0.25) is 5.78 Å². The Morgan fingerprint density at radius 2 is 2.44 bits per heavy atom. The summed E-state index contributed by atoms with van der Waals surface area (Å²) < 4.78 is 2.39. The highest BCUT2D eigenvalue weighted by Gasteiger charge is 2.20. The highest BCUT2D eigenvalue weighted by molar-refractivity contribution is 9.10. The minimum atomic E-state index is -0.150. The van der Waals surface area contributed by atoms with Crippen LogP contribution in [-0.2, 0) is 6.54 Å².